The minimum absolute atomic E-state index is 0.828. The fourth-order valence-corrected chi connectivity index (χ4v) is 2.09. The number of rotatable bonds is 3. The molecule has 0 aliphatic heterocycles. The molecule has 0 aromatic rings. The maximum atomic E-state index is 4.34. The lowest BCUT2D eigenvalue weighted by molar-refractivity contribution is 1.23. The molecule has 0 aromatic carbocycles. The van der Waals surface area contributed by atoms with Gasteiger partial charge in [-0.3, -0.25) is 15.0 Å². The van der Waals surface area contributed by atoms with Crippen molar-refractivity contribution in [3.63, 3.8) is 0 Å². The van der Waals surface area contributed by atoms with Crippen LogP contribution in [-0.2, 0) is 0 Å². The summed E-state index contributed by atoms with van der Waals surface area (Å²) < 4.78 is 0. The highest BCUT2D eigenvalue weighted by Crippen LogP contribution is 2.41. The molecule has 0 N–H and O–H groups in total. The van der Waals surface area contributed by atoms with Gasteiger partial charge in [-0.15, -0.1) is 0 Å². The molecule has 0 amide bonds. The third-order valence-electron chi connectivity index (χ3n) is 2.80. The average Bonchev–Trinajstić information content (AvgIpc) is 2.62. The molecule has 0 saturated carbocycles. The van der Waals surface area contributed by atoms with E-state index in [0.717, 1.165) is 33.7 Å². The second-order valence-corrected chi connectivity index (χ2v) is 3.84. The summed E-state index contributed by atoms with van der Waals surface area (Å²) in [4.78, 5) is 12.5. The van der Waals surface area contributed by atoms with Crippen molar-refractivity contribution in [1.82, 2.24) is 0 Å². The van der Waals surface area contributed by atoms with Gasteiger partial charge in [0.2, 0.25) is 0 Å². The van der Waals surface area contributed by atoms with Gasteiger partial charge in [-0.25, -0.2) is 0 Å². The van der Waals surface area contributed by atoms with Crippen LogP contribution < -0.4 is 0 Å². The van der Waals surface area contributed by atoms with E-state index in [9.17, 15) is 0 Å². The van der Waals surface area contributed by atoms with Crippen LogP contribution in [-0.4, -0.2) is 26.2 Å². The van der Waals surface area contributed by atoms with Crippen molar-refractivity contribution >= 4 is 19.1 Å². The monoisotopic (exact) mass is 241 g/mol. The highest BCUT2D eigenvalue weighted by molar-refractivity contribution is 5.94. The van der Waals surface area contributed by atoms with Crippen LogP contribution in [0.25, 0.3) is 0 Å². The molecular formula is C15H19N3. The number of aliphatic imine (C=N–C) groups is 3. The molecule has 1 rings (SSSR count). The molecule has 0 spiro atoms. The normalized spacial score (nSPS) is 21.8. The number of hydrogen-bond acceptors (Lipinski definition) is 3. The number of hydrogen-bond donors (Lipinski definition) is 0. The van der Waals surface area contributed by atoms with Crippen LogP contribution in [0.1, 0.15) is 20.8 Å². The molecular weight excluding hydrogens is 222 g/mol. The summed E-state index contributed by atoms with van der Waals surface area (Å²) in [7, 11) is 1.73. The second-order valence-electron chi connectivity index (χ2n) is 3.84. The van der Waals surface area contributed by atoms with Crippen LogP contribution in [0, 0.1) is 0 Å². The maximum absolute atomic E-state index is 4.34. The predicted octanol–water partition coefficient (Wildman–Crippen LogP) is 3.52. The Bertz CT molecular complexity index is 526. The van der Waals surface area contributed by atoms with Crippen molar-refractivity contribution in [1.29, 1.82) is 0 Å². The summed E-state index contributed by atoms with van der Waals surface area (Å²) in [5, 5.41) is 0. The van der Waals surface area contributed by atoms with Crippen molar-refractivity contribution < 1.29 is 0 Å². The zero-order valence-electron chi connectivity index (χ0n) is 11.5. The lowest BCUT2D eigenvalue weighted by Crippen LogP contribution is -1.90. The molecule has 0 aromatic heterocycles. The fourth-order valence-electron chi connectivity index (χ4n) is 2.09. The Labute approximate surface area is 109 Å². The first-order valence-corrected chi connectivity index (χ1v) is 5.81. The standard InChI is InChI=1S/C15H19N3/c1-7-12-14(11(4)18-8-2)10(3)13(9-16-5)15(12)17-6/h7-9H,3,6H2,1-2,4-5H3/b12-7+,14-11-,16-9-,18-8-. The van der Waals surface area contributed by atoms with Crippen LogP contribution in [0.2, 0.25) is 0 Å². The third kappa shape index (κ3) is 2.30. The lowest BCUT2D eigenvalue weighted by Gasteiger charge is -2.06. The molecule has 0 heterocycles. The molecule has 0 saturated heterocycles. The molecule has 18 heavy (non-hydrogen) atoms. The Balaban J connectivity index is 3.55. The molecule has 0 bridgehead atoms. The first-order chi connectivity index (χ1) is 8.62. The summed E-state index contributed by atoms with van der Waals surface area (Å²) >= 11 is 0. The molecule has 3 nitrogen and oxygen atoms in total. The van der Waals surface area contributed by atoms with Crippen LogP contribution in [0.4, 0.5) is 0 Å². The first kappa shape index (κ1) is 14.0. The smallest absolute Gasteiger partial charge is 0.0791 e. The Morgan fingerprint density at radius 1 is 1.28 bits per heavy atom. The van der Waals surface area contributed by atoms with Gasteiger partial charge in [0, 0.05) is 41.9 Å². The van der Waals surface area contributed by atoms with Gasteiger partial charge < -0.3 is 0 Å². The molecule has 0 atom stereocenters. The van der Waals surface area contributed by atoms with E-state index < -0.39 is 0 Å². The fraction of sp³-hybridized carbons (Fsp3) is 0.267. The number of nitrogens with zero attached hydrogens (tertiary/aromatic N) is 3. The van der Waals surface area contributed by atoms with E-state index in [-0.39, 0.29) is 0 Å². The van der Waals surface area contributed by atoms with E-state index >= 15 is 0 Å². The quantitative estimate of drug-likeness (QED) is 0.678. The van der Waals surface area contributed by atoms with Gasteiger partial charge in [-0.2, -0.15) is 0 Å². The van der Waals surface area contributed by atoms with Crippen molar-refractivity contribution in [3.05, 3.63) is 46.3 Å². The summed E-state index contributed by atoms with van der Waals surface area (Å²) in [5.41, 5.74) is 5.62. The van der Waals surface area contributed by atoms with E-state index in [1.54, 1.807) is 19.5 Å². The highest BCUT2D eigenvalue weighted by Gasteiger charge is 2.27. The highest BCUT2D eigenvalue weighted by atomic mass is 14.8. The van der Waals surface area contributed by atoms with E-state index in [1.807, 2.05) is 26.8 Å². The SMILES string of the molecule is C=NC1=C(/C=N\C)C(=C)C(=C(C)/N=C\C)/C1=C\C. The molecule has 1 aliphatic rings. The Morgan fingerprint density at radius 3 is 2.39 bits per heavy atom. The van der Waals surface area contributed by atoms with Crippen molar-refractivity contribution in [2.75, 3.05) is 7.05 Å². The third-order valence-corrected chi connectivity index (χ3v) is 2.80. The van der Waals surface area contributed by atoms with Gasteiger partial charge in [0.1, 0.15) is 0 Å². The minimum atomic E-state index is 0.828. The van der Waals surface area contributed by atoms with E-state index in [1.165, 1.54) is 0 Å². The second kappa shape index (κ2) is 6.05. The van der Waals surface area contributed by atoms with Gasteiger partial charge in [0.15, 0.2) is 0 Å². The van der Waals surface area contributed by atoms with Crippen molar-refractivity contribution in [2.45, 2.75) is 20.8 Å². The summed E-state index contributed by atoms with van der Waals surface area (Å²) in [6, 6.07) is 0. The predicted molar refractivity (Wildman–Crippen MR) is 80.8 cm³/mol. The van der Waals surface area contributed by atoms with Gasteiger partial charge >= 0.3 is 0 Å². The van der Waals surface area contributed by atoms with Crippen LogP contribution >= 0.6 is 0 Å². The number of allylic oxidation sites excluding steroid dienone is 5. The Morgan fingerprint density at radius 2 is 1.94 bits per heavy atom. The maximum Gasteiger partial charge on any atom is 0.0791 e. The van der Waals surface area contributed by atoms with Gasteiger partial charge in [0.05, 0.1) is 5.70 Å². The zero-order valence-corrected chi connectivity index (χ0v) is 11.5. The summed E-state index contributed by atoms with van der Waals surface area (Å²) in [6.45, 7) is 13.6. The minimum Gasteiger partial charge on any atom is -0.296 e. The summed E-state index contributed by atoms with van der Waals surface area (Å²) in [5.74, 6) is 0. The van der Waals surface area contributed by atoms with Gasteiger partial charge in [-0.05, 0) is 33.1 Å². The van der Waals surface area contributed by atoms with Crippen molar-refractivity contribution in [3.8, 4) is 0 Å². The zero-order chi connectivity index (χ0) is 13.7. The summed E-state index contributed by atoms with van der Waals surface area (Å²) in [6.07, 6.45) is 5.55. The van der Waals surface area contributed by atoms with Gasteiger partial charge in [-0.1, -0.05) is 12.7 Å². The Kier molecular flexibility index (Phi) is 4.72. The first-order valence-electron chi connectivity index (χ1n) is 5.81. The van der Waals surface area contributed by atoms with Crippen LogP contribution in [0.15, 0.2) is 61.3 Å². The Hall–Kier alpha value is -2.03. The van der Waals surface area contributed by atoms with Crippen molar-refractivity contribution in [2.24, 2.45) is 15.0 Å². The largest absolute Gasteiger partial charge is 0.296 e. The molecule has 0 fully saturated rings. The average molecular weight is 241 g/mol. The van der Waals surface area contributed by atoms with E-state index in [2.05, 4.69) is 28.3 Å². The van der Waals surface area contributed by atoms with Gasteiger partial charge in [0.25, 0.3) is 0 Å². The molecule has 94 valence electrons. The van der Waals surface area contributed by atoms with E-state index in [0.29, 0.717) is 0 Å². The topological polar surface area (TPSA) is 37.1 Å². The molecule has 1 aliphatic carbocycles. The van der Waals surface area contributed by atoms with Crippen LogP contribution in [0.5, 0.6) is 0 Å². The molecule has 0 unspecified atom stereocenters. The lowest BCUT2D eigenvalue weighted by atomic mass is 10.0. The van der Waals surface area contributed by atoms with Crippen LogP contribution in [0.3, 0.4) is 0 Å². The molecule has 0 radical (unpaired) electrons. The van der Waals surface area contributed by atoms with E-state index in [4.69, 9.17) is 0 Å². The molecule has 3 heteroatoms.